The van der Waals surface area contributed by atoms with Crippen molar-refractivity contribution in [2.24, 2.45) is 0 Å². The summed E-state index contributed by atoms with van der Waals surface area (Å²) in [5, 5.41) is 0. The van der Waals surface area contributed by atoms with E-state index in [4.69, 9.17) is 0 Å². The van der Waals surface area contributed by atoms with E-state index in [1.54, 1.807) is 12.4 Å². The minimum atomic E-state index is 0.848. The summed E-state index contributed by atoms with van der Waals surface area (Å²) in [5.41, 5.74) is 2.23. The van der Waals surface area contributed by atoms with Gasteiger partial charge < -0.3 is 4.90 Å². The van der Waals surface area contributed by atoms with Crippen LogP contribution in [0.4, 0.5) is 5.82 Å². The van der Waals surface area contributed by atoms with Crippen molar-refractivity contribution in [3.63, 3.8) is 0 Å². The predicted molar refractivity (Wildman–Crippen MR) is 88.0 cm³/mol. The molecule has 1 aromatic heterocycles. The van der Waals surface area contributed by atoms with Crippen LogP contribution in [0.1, 0.15) is 39.0 Å². The van der Waals surface area contributed by atoms with Gasteiger partial charge in [-0.15, -0.1) is 0 Å². The summed E-state index contributed by atoms with van der Waals surface area (Å²) >= 11 is 0. The molecule has 0 amide bonds. The van der Waals surface area contributed by atoms with Crippen molar-refractivity contribution >= 4 is 5.82 Å². The Kier molecular flexibility index (Phi) is 9.93. The molecule has 0 aliphatic carbocycles. The monoisotopic (exact) mass is 273 g/mol. The molecular formula is C17H27N3. The SMILES string of the molecule is CC.CC.Cc1nccnc1N(C)Cc1ccccc1. The van der Waals surface area contributed by atoms with Gasteiger partial charge in [-0.2, -0.15) is 0 Å². The second kappa shape index (κ2) is 11.0. The number of hydrogen-bond acceptors (Lipinski definition) is 3. The number of anilines is 1. The van der Waals surface area contributed by atoms with Gasteiger partial charge in [0.15, 0.2) is 0 Å². The molecule has 3 nitrogen and oxygen atoms in total. The molecule has 110 valence electrons. The van der Waals surface area contributed by atoms with E-state index >= 15 is 0 Å². The number of rotatable bonds is 3. The molecule has 0 N–H and O–H groups in total. The van der Waals surface area contributed by atoms with Crippen LogP contribution in [0.2, 0.25) is 0 Å². The van der Waals surface area contributed by atoms with Crippen molar-refractivity contribution in [2.45, 2.75) is 41.2 Å². The minimum absolute atomic E-state index is 0.848. The number of nitrogens with zero attached hydrogens (tertiary/aromatic N) is 3. The smallest absolute Gasteiger partial charge is 0.150 e. The Morgan fingerprint density at radius 3 is 2.00 bits per heavy atom. The average Bonchev–Trinajstić information content (AvgIpc) is 2.52. The van der Waals surface area contributed by atoms with Crippen molar-refractivity contribution in [3.8, 4) is 0 Å². The van der Waals surface area contributed by atoms with Crippen LogP contribution in [0.25, 0.3) is 0 Å². The molecule has 0 atom stereocenters. The van der Waals surface area contributed by atoms with Gasteiger partial charge in [0.2, 0.25) is 0 Å². The Bertz CT molecular complexity index is 455. The molecule has 0 fully saturated rings. The maximum Gasteiger partial charge on any atom is 0.150 e. The van der Waals surface area contributed by atoms with Crippen molar-refractivity contribution in [3.05, 3.63) is 54.0 Å². The van der Waals surface area contributed by atoms with Crippen LogP contribution in [0, 0.1) is 6.92 Å². The number of hydrogen-bond donors (Lipinski definition) is 0. The lowest BCUT2D eigenvalue weighted by molar-refractivity contribution is 0.878. The maximum atomic E-state index is 4.34. The van der Waals surface area contributed by atoms with Gasteiger partial charge in [-0.25, -0.2) is 4.98 Å². The van der Waals surface area contributed by atoms with Crippen molar-refractivity contribution < 1.29 is 0 Å². The summed E-state index contributed by atoms with van der Waals surface area (Å²) in [5.74, 6) is 0.936. The van der Waals surface area contributed by atoms with E-state index < -0.39 is 0 Å². The highest BCUT2D eigenvalue weighted by Gasteiger charge is 2.06. The van der Waals surface area contributed by atoms with Gasteiger partial charge in [0.1, 0.15) is 5.82 Å². The van der Waals surface area contributed by atoms with Gasteiger partial charge in [-0.1, -0.05) is 58.0 Å². The van der Waals surface area contributed by atoms with Gasteiger partial charge in [0.25, 0.3) is 0 Å². The molecule has 1 heterocycles. The van der Waals surface area contributed by atoms with E-state index in [-0.39, 0.29) is 0 Å². The van der Waals surface area contributed by atoms with E-state index in [1.165, 1.54) is 5.56 Å². The molecule has 2 aromatic rings. The van der Waals surface area contributed by atoms with E-state index in [0.29, 0.717) is 0 Å². The van der Waals surface area contributed by atoms with Crippen molar-refractivity contribution in [1.29, 1.82) is 0 Å². The summed E-state index contributed by atoms with van der Waals surface area (Å²) in [4.78, 5) is 10.7. The van der Waals surface area contributed by atoms with Crippen LogP contribution in [0.5, 0.6) is 0 Å². The van der Waals surface area contributed by atoms with Gasteiger partial charge in [0.05, 0.1) is 5.69 Å². The highest BCUT2D eigenvalue weighted by molar-refractivity contribution is 5.42. The molecule has 20 heavy (non-hydrogen) atoms. The predicted octanol–water partition coefficient (Wildman–Crippen LogP) is 4.47. The Labute approximate surface area is 123 Å². The third kappa shape index (κ3) is 5.83. The molecule has 0 saturated carbocycles. The lowest BCUT2D eigenvalue weighted by atomic mass is 10.2. The fourth-order valence-electron chi connectivity index (χ4n) is 1.71. The van der Waals surface area contributed by atoms with Crippen LogP contribution in [0.15, 0.2) is 42.7 Å². The quantitative estimate of drug-likeness (QED) is 0.826. The van der Waals surface area contributed by atoms with E-state index in [0.717, 1.165) is 18.1 Å². The third-order valence-corrected chi connectivity index (χ3v) is 2.48. The first-order valence-electron chi connectivity index (χ1n) is 7.30. The Hall–Kier alpha value is -1.90. The molecule has 0 saturated heterocycles. The first-order valence-corrected chi connectivity index (χ1v) is 7.30. The van der Waals surface area contributed by atoms with Gasteiger partial charge in [0, 0.05) is 26.0 Å². The normalized spacial score (nSPS) is 8.70. The lowest BCUT2D eigenvalue weighted by Gasteiger charge is -2.19. The Morgan fingerprint density at radius 1 is 0.900 bits per heavy atom. The van der Waals surface area contributed by atoms with Gasteiger partial charge in [-0.3, -0.25) is 4.98 Å². The molecule has 1 aromatic carbocycles. The van der Waals surface area contributed by atoms with Crippen LogP contribution in [-0.2, 0) is 6.54 Å². The Balaban J connectivity index is 0.000000829. The zero-order chi connectivity index (χ0) is 15.4. The molecule has 0 aliphatic heterocycles. The van der Waals surface area contributed by atoms with E-state index in [1.807, 2.05) is 59.9 Å². The largest absolute Gasteiger partial charge is 0.354 e. The number of aryl methyl sites for hydroxylation is 1. The van der Waals surface area contributed by atoms with Crippen LogP contribution in [0.3, 0.4) is 0 Å². The fourth-order valence-corrected chi connectivity index (χ4v) is 1.71. The summed E-state index contributed by atoms with van der Waals surface area (Å²) in [6.45, 7) is 10.8. The van der Waals surface area contributed by atoms with Crippen molar-refractivity contribution in [2.75, 3.05) is 11.9 Å². The van der Waals surface area contributed by atoms with Gasteiger partial charge in [-0.05, 0) is 12.5 Å². The average molecular weight is 273 g/mol. The molecule has 2 rings (SSSR count). The second-order valence-corrected chi connectivity index (χ2v) is 3.81. The summed E-state index contributed by atoms with van der Waals surface area (Å²) in [6.07, 6.45) is 3.44. The summed E-state index contributed by atoms with van der Waals surface area (Å²) in [6, 6.07) is 10.3. The summed E-state index contributed by atoms with van der Waals surface area (Å²) < 4.78 is 0. The topological polar surface area (TPSA) is 29.0 Å². The van der Waals surface area contributed by atoms with Crippen LogP contribution in [-0.4, -0.2) is 17.0 Å². The number of aromatic nitrogens is 2. The van der Waals surface area contributed by atoms with Crippen LogP contribution >= 0.6 is 0 Å². The minimum Gasteiger partial charge on any atom is -0.354 e. The highest BCUT2D eigenvalue weighted by atomic mass is 15.2. The first-order chi connectivity index (χ1) is 9.77. The second-order valence-electron chi connectivity index (χ2n) is 3.81. The zero-order valence-corrected chi connectivity index (χ0v) is 13.6. The molecule has 0 aliphatic rings. The zero-order valence-electron chi connectivity index (χ0n) is 13.6. The van der Waals surface area contributed by atoms with Crippen molar-refractivity contribution in [1.82, 2.24) is 9.97 Å². The molecule has 0 spiro atoms. The summed E-state index contributed by atoms with van der Waals surface area (Å²) in [7, 11) is 2.03. The number of benzene rings is 1. The van der Waals surface area contributed by atoms with E-state index in [9.17, 15) is 0 Å². The molecule has 0 radical (unpaired) electrons. The first kappa shape index (κ1) is 18.1. The lowest BCUT2D eigenvalue weighted by Crippen LogP contribution is -2.19. The molecule has 0 bridgehead atoms. The molecule has 0 unspecified atom stereocenters. The Morgan fingerprint density at radius 2 is 1.45 bits per heavy atom. The van der Waals surface area contributed by atoms with E-state index in [2.05, 4.69) is 27.0 Å². The fraction of sp³-hybridized carbons (Fsp3) is 0.412. The standard InChI is InChI=1S/C13H15N3.2C2H6/c1-11-13(15-9-8-14-11)16(2)10-12-6-4-3-5-7-12;2*1-2/h3-9H,10H2,1-2H3;2*1-2H3. The van der Waals surface area contributed by atoms with Crippen LogP contribution < -0.4 is 4.90 Å². The maximum absolute atomic E-state index is 4.34. The molecule has 3 heteroatoms. The van der Waals surface area contributed by atoms with Gasteiger partial charge >= 0.3 is 0 Å². The third-order valence-electron chi connectivity index (χ3n) is 2.48. The molecular weight excluding hydrogens is 246 g/mol. The highest BCUT2D eigenvalue weighted by Crippen LogP contribution is 2.14.